The molecule has 4 aromatic rings. The maximum Gasteiger partial charge on any atom is 0.0988 e. The number of para-hydroxylation sites is 1. The van der Waals surface area contributed by atoms with Crippen LogP contribution in [0.15, 0.2) is 42.5 Å². The molecule has 3 aliphatic rings. The molecule has 7 heteroatoms. The van der Waals surface area contributed by atoms with Gasteiger partial charge in [-0.25, -0.2) is 4.98 Å². The molecule has 0 radical (unpaired) electrons. The van der Waals surface area contributed by atoms with Crippen LogP contribution in [0, 0.1) is 0 Å². The number of rotatable bonds is 7. The van der Waals surface area contributed by atoms with Crippen molar-refractivity contribution in [3.05, 3.63) is 48.0 Å². The molecule has 2 fully saturated rings. The minimum atomic E-state index is -0.129. The van der Waals surface area contributed by atoms with Crippen LogP contribution in [-0.2, 0) is 13.0 Å². The zero-order chi connectivity index (χ0) is 27.1. The van der Waals surface area contributed by atoms with Gasteiger partial charge in [0.1, 0.15) is 0 Å². The van der Waals surface area contributed by atoms with E-state index in [2.05, 4.69) is 61.7 Å². The van der Waals surface area contributed by atoms with E-state index in [9.17, 15) is 10.2 Å². The zero-order valence-electron chi connectivity index (χ0n) is 23.6. The fourth-order valence-corrected chi connectivity index (χ4v) is 7.27. The van der Waals surface area contributed by atoms with Crippen molar-refractivity contribution in [1.29, 1.82) is 0 Å². The number of nitrogens with zero attached hydrogens (tertiary/aromatic N) is 5. The summed E-state index contributed by atoms with van der Waals surface area (Å²) in [5, 5.41) is 22.3. The summed E-state index contributed by atoms with van der Waals surface area (Å²) < 4.78 is 2.52. The highest BCUT2D eigenvalue weighted by Gasteiger charge is 2.26. The Labute approximate surface area is 237 Å². The Hall–Kier alpha value is -2.71. The fraction of sp³-hybridized carbons (Fsp3) is 0.545. The fourth-order valence-electron chi connectivity index (χ4n) is 7.27. The molecule has 7 rings (SSSR count). The number of aliphatic hydroxyl groups excluding tert-OH is 2. The van der Waals surface area contributed by atoms with E-state index >= 15 is 0 Å². The summed E-state index contributed by atoms with van der Waals surface area (Å²) in [6.07, 6.45) is 6.65. The minimum absolute atomic E-state index is 0.108. The predicted octanol–water partition coefficient (Wildman–Crippen LogP) is 4.40. The van der Waals surface area contributed by atoms with Crippen LogP contribution in [-0.4, -0.2) is 94.1 Å². The van der Waals surface area contributed by atoms with Crippen molar-refractivity contribution in [2.45, 2.75) is 63.7 Å². The number of aliphatic hydroxyl groups is 2. The van der Waals surface area contributed by atoms with Crippen LogP contribution < -0.4 is 4.90 Å². The van der Waals surface area contributed by atoms with Gasteiger partial charge in [0.15, 0.2) is 0 Å². The van der Waals surface area contributed by atoms with Gasteiger partial charge in [-0.15, -0.1) is 0 Å². The van der Waals surface area contributed by atoms with Gasteiger partial charge in [-0.2, -0.15) is 0 Å². The summed E-state index contributed by atoms with van der Waals surface area (Å²) in [5.41, 5.74) is 7.54. The second-order valence-electron chi connectivity index (χ2n) is 12.3. The van der Waals surface area contributed by atoms with Gasteiger partial charge in [0.2, 0.25) is 0 Å². The number of pyridine rings is 1. The van der Waals surface area contributed by atoms with Gasteiger partial charge in [-0.1, -0.05) is 30.3 Å². The van der Waals surface area contributed by atoms with Crippen LogP contribution in [0.3, 0.4) is 0 Å². The first kappa shape index (κ1) is 26.2. The Bertz CT molecular complexity index is 1480. The monoisotopic (exact) mass is 541 g/mol. The number of hydrogen-bond donors (Lipinski definition) is 2. The van der Waals surface area contributed by atoms with Crippen LogP contribution in [0.4, 0.5) is 5.69 Å². The van der Waals surface area contributed by atoms with Crippen molar-refractivity contribution in [3.8, 4) is 0 Å². The molecule has 0 unspecified atom stereocenters. The van der Waals surface area contributed by atoms with Gasteiger partial charge in [-0.05, 0) is 69.2 Å². The van der Waals surface area contributed by atoms with Crippen molar-refractivity contribution in [1.82, 2.24) is 19.4 Å². The van der Waals surface area contributed by atoms with E-state index < -0.39 is 0 Å². The van der Waals surface area contributed by atoms with Crippen LogP contribution in [0.2, 0.25) is 0 Å². The summed E-state index contributed by atoms with van der Waals surface area (Å²) in [4.78, 5) is 13.0. The Balaban J connectivity index is 1.22. The number of likely N-dealkylation sites (tertiary alicyclic amines) is 2. The lowest BCUT2D eigenvalue weighted by Crippen LogP contribution is -2.41. The van der Waals surface area contributed by atoms with Crippen molar-refractivity contribution < 1.29 is 10.2 Å². The van der Waals surface area contributed by atoms with E-state index in [0.29, 0.717) is 0 Å². The average Bonchev–Trinajstić information content (AvgIpc) is 3.15. The lowest BCUT2D eigenvalue weighted by Gasteiger charge is -2.33. The highest BCUT2D eigenvalue weighted by Crippen LogP contribution is 2.41. The first-order chi connectivity index (χ1) is 19.6. The molecule has 0 aliphatic carbocycles. The number of aromatic nitrogens is 2. The molecule has 2 saturated heterocycles. The summed E-state index contributed by atoms with van der Waals surface area (Å²) in [7, 11) is 0. The normalized spacial score (nSPS) is 20.2. The molecule has 0 amide bonds. The lowest BCUT2D eigenvalue weighted by molar-refractivity contribution is 0.0821. The van der Waals surface area contributed by atoms with E-state index in [0.717, 1.165) is 115 Å². The molecule has 2 N–H and O–H groups in total. The van der Waals surface area contributed by atoms with E-state index in [4.69, 9.17) is 4.98 Å². The second kappa shape index (κ2) is 11.3. The van der Waals surface area contributed by atoms with E-state index in [1.54, 1.807) is 0 Å². The van der Waals surface area contributed by atoms with Crippen LogP contribution in [0.5, 0.6) is 0 Å². The molecule has 212 valence electrons. The maximum atomic E-state index is 9.97. The number of hydrogen-bond acceptors (Lipinski definition) is 6. The van der Waals surface area contributed by atoms with Gasteiger partial charge >= 0.3 is 0 Å². The number of anilines is 1. The summed E-state index contributed by atoms with van der Waals surface area (Å²) in [6.45, 7) is 9.19. The predicted molar refractivity (Wildman–Crippen MR) is 163 cm³/mol. The van der Waals surface area contributed by atoms with Crippen molar-refractivity contribution in [2.24, 2.45) is 0 Å². The second-order valence-corrected chi connectivity index (χ2v) is 12.3. The van der Waals surface area contributed by atoms with Gasteiger partial charge in [0, 0.05) is 63.1 Å². The molecule has 0 bridgehead atoms. The van der Waals surface area contributed by atoms with Gasteiger partial charge in [0.25, 0.3) is 0 Å². The van der Waals surface area contributed by atoms with Crippen molar-refractivity contribution >= 4 is 38.5 Å². The highest BCUT2D eigenvalue weighted by molar-refractivity contribution is 6.16. The van der Waals surface area contributed by atoms with Crippen molar-refractivity contribution in [2.75, 3.05) is 57.3 Å². The minimum Gasteiger partial charge on any atom is -0.393 e. The molecular weight excluding hydrogens is 498 g/mol. The highest BCUT2D eigenvalue weighted by atomic mass is 16.3. The molecule has 5 heterocycles. The summed E-state index contributed by atoms with van der Waals surface area (Å²) in [6, 6.07) is 15.8. The molecule has 40 heavy (non-hydrogen) atoms. The standard InChI is InChI=1S/C33H43N5O2/c39-25-10-17-35(18-11-25)14-3-5-24-8-9-27-29(23-24)34-31-28-6-1-2-7-30(28)38-16-4-15-37(32(27)33(31)38)22-21-36-19-12-26(40)13-20-36/h1-2,6-9,23,25-26,39-40H,3-5,10-22H2. The van der Waals surface area contributed by atoms with E-state index in [1.807, 2.05) is 0 Å². The third kappa shape index (κ3) is 5.09. The molecule has 3 aliphatic heterocycles. The Morgan fingerprint density at radius 1 is 0.750 bits per heavy atom. The molecule has 2 aromatic carbocycles. The molecule has 2 aromatic heterocycles. The van der Waals surface area contributed by atoms with Crippen LogP contribution in [0.25, 0.3) is 32.8 Å². The number of fused-ring (bicyclic) bond motifs is 5. The number of aryl methyl sites for hydroxylation is 2. The first-order valence-electron chi connectivity index (χ1n) is 15.5. The molecular formula is C33H43N5O2. The third-order valence-corrected chi connectivity index (χ3v) is 9.58. The lowest BCUT2D eigenvalue weighted by atomic mass is 10.0. The Kier molecular flexibility index (Phi) is 7.39. The zero-order valence-corrected chi connectivity index (χ0v) is 23.6. The maximum absolute atomic E-state index is 9.97. The first-order valence-corrected chi connectivity index (χ1v) is 15.5. The van der Waals surface area contributed by atoms with Crippen LogP contribution in [0.1, 0.15) is 44.1 Å². The summed E-state index contributed by atoms with van der Waals surface area (Å²) in [5.74, 6) is 0. The van der Waals surface area contributed by atoms with Gasteiger partial charge < -0.3 is 29.5 Å². The number of piperidine rings is 2. The number of benzene rings is 2. The topological polar surface area (TPSA) is 68.0 Å². The molecule has 0 atom stereocenters. The third-order valence-electron chi connectivity index (χ3n) is 9.58. The average molecular weight is 542 g/mol. The van der Waals surface area contributed by atoms with Gasteiger partial charge in [0.05, 0.1) is 40.0 Å². The van der Waals surface area contributed by atoms with E-state index in [1.165, 1.54) is 33.1 Å². The van der Waals surface area contributed by atoms with Gasteiger partial charge in [-0.3, -0.25) is 0 Å². The summed E-state index contributed by atoms with van der Waals surface area (Å²) >= 11 is 0. The SMILES string of the molecule is OC1CCN(CCCc2ccc3c4c5c(nc3c2)c2ccccc2n5CCCN4CCN2CCC(O)CC2)CC1. The smallest absolute Gasteiger partial charge is 0.0988 e. The Morgan fingerprint density at radius 2 is 1.48 bits per heavy atom. The molecule has 0 saturated carbocycles. The van der Waals surface area contributed by atoms with Crippen molar-refractivity contribution in [3.63, 3.8) is 0 Å². The molecule has 0 spiro atoms. The quantitative estimate of drug-likeness (QED) is 0.362. The molecule has 7 nitrogen and oxygen atoms in total. The Morgan fingerprint density at radius 3 is 2.25 bits per heavy atom. The largest absolute Gasteiger partial charge is 0.393 e. The van der Waals surface area contributed by atoms with Crippen LogP contribution >= 0.6 is 0 Å². The van der Waals surface area contributed by atoms with E-state index in [-0.39, 0.29) is 12.2 Å².